The van der Waals surface area contributed by atoms with E-state index in [4.69, 9.17) is 4.74 Å². The van der Waals surface area contributed by atoms with Gasteiger partial charge in [0.2, 0.25) is 0 Å². The topological polar surface area (TPSA) is 29.5 Å². The van der Waals surface area contributed by atoms with Crippen molar-refractivity contribution in [2.45, 2.75) is 37.9 Å². The molecular formula is C9H16O2. The second-order valence-electron chi connectivity index (χ2n) is 2.98. The number of ether oxygens (including phenoxy) is 1. The summed E-state index contributed by atoms with van der Waals surface area (Å²) in [6.07, 6.45) is 5.41. The summed E-state index contributed by atoms with van der Waals surface area (Å²) in [5, 5.41) is 9.51. The lowest BCUT2D eigenvalue weighted by Crippen LogP contribution is -2.24. The van der Waals surface area contributed by atoms with E-state index in [9.17, 15) is 5.11 Å². The lowest BCUT2D eigenvalue weighted by molar-refractivity contribution is -0.00468. The molecule has 1 N–H and O–H groups in total. The highest BCUT2D eigenvalue weighted by molar-refractivity contribution is 4.77. The van der Waals surface area contributed by atoms with Crippen LogP contribution in [0.2, 0.25) is 0 Å². The molecule has 64 valence electrons. The molecule has 0 amide bonds. The van der Waals surface area contributed by atoms with Crippen LogP contribution in [-0.2, 0) is 4.74 Å². The highest BCUT2D eigenvalue weighted by Crippen LogP contribution is 2.18. The Balaban J connectivity index is 2.16. The van der Waals surface area contributed by atoms with Crippen LogP contribution in [0.4, 0.5) is 0 Å². The highest BCUT2D eigenvalue weighted by Gasteiger charge is 2.22. The first-order valence-electron chi connectivity index (χ1n) is 4.25. The molecule has 2 nitrogen and oxygen atoms in total. The quantitative estimate of drug-likeness (QED) is 0.625. The number of aliphatic hydroxyl groups excluding tert-OH is 1. The zero-order chi connectivity index (χ0) is 8.10. The van der Waals surface area contributed by atoms with Crippen molar-refractivity contribution in [3.05, 3.63) is 12.7 Å². The number of allylic oxidation sites excluding steroid dienone is 1. The lowest BCUT2D eigenvalue weighted by atomic mass is 10.1. The SMILES string of the molecule is C=CCC[C@@H](O)[C@@H]1CCCO1. The Kier molecular flexibility index (Phi) is 3.60. The molecule has 2 atom stereocenters. The first kappa shape index (κ1) is 8.75. The Morgan fingerprint density at radius 3 is 3.09 bits per heavy atom. The fraction of sp³-hybridized carbons (Fsp3) is 0.778. The maximum atomic E-state index is 9.51. The molecule has 0 unspecified atom stereocenters. The minimum absolute atomic E-state index is 0.0925. The largest absolute Gasteiger partial charge is 0.390 e. The standard InChI is InChI=1S/C9H16O2/c1-2-3-5-8(10)9-6-4-7-11-9/h2,8-10H,1,3-7H2/t8-,9+/m1/s1. The fourth-order valence-corrected chi connectivity index (χ4v) is 1.38. The van der Waals surface area contributed by atoms with Crippen molar-refractivity contribution in [2.24, 2.45) is 0 Å². The average Bonchev–Trinajstić information content (AvgIpc) is 2.52. The van der Waals surface area contributed by atoms with Crippen LogP contribution in [0.1, 0.15) is 25.7 Å². The summed E-state index contributed by atoms with van der Waals surface area (Å²) >= 11 is 0. The van der Waals surface area contributed by atoms with Crippen LogP contribution in [0.25, 0.3) is 0 Å². The van der Waals surface area contributed by atoms with E-state index in [0.29, 0.717) is 0 Å². The summed E-state index contributed by atoms with van der Waals surface area (Å²) in [7, 11) is 0. The van der Waals surface area contributed by atoms with Crippen LogP contribution >= 0.6 is 0 Å². The molecule has 1 heterocycles. The summed E-state index contributed by atoms with van der Waals surface area (Å²) in [4.78, 5) is 0. The van der Waals surface area contributed by atoms with Gasteiger partial charge in [0.1, 0.15) is 0 Å². The minimum Gasteiger partial charge on any atom is -0.390 e. The van der Waals surface area contributed by atoms with Gasteiger partial charge < -0.3 is 9.84 Å². The molecule has 0 aromatic heterocycles. The van der Waals surface area contributed by atoms with Gasteiger partial charge >= 0.3 is 0 Å². The fourth-order valence-electron chi connectivity index (χ4n) is 1.38. The Bertz CT molecular complexity index is 117. The zero-order valence-electron chi connectivity index (χ0n) is 6.83. The summed E-state index contributed by atoms with van der Waals surface area (Å²) in [5.41, 5.74) is 0. The molecule has 0 aromatic rings. The second kappa shape index (κ2) is 4.52. The maximum absolute atomic E-state index is 9.51. The number of rotatable bonds is 4. The van der Waals surface area contributed by atoms with Gasteiger partial charge in [0, 0.05) is 6.61 Å². The number of aliphatic hydroxyl groups is 1. The van der Waals surface area contributed by atoms with Gasteiger partial charge in [-0.15, -0.1) is 6.58 Å². The first-order valence-corrected chi connectivity index (χ1v) is 4.25. The third-order valence-corrected chi connectivity index (χ3v) is 2.06. The molecule has 1 fully saturated rings. The molecular weight excluding hydrogens is 140 g/mol. The van der Waals surface area contributed by atoms with Gasteiger partial charge in [-0.05, 0) is 25.7 Å². The molecule has 0 aromatic carbocycles. The van der Waals surface area contributed by atoms with Gasteiger partial charge in [0.25, 0.3) is 0 Å². The van der Waals surface area contributed by atoms with Crippen molar-refractivity contribution >= 4 is 0 Å². The van der Waals surface area contributed by atoms with E-state index in [1.165, 1.54) is 0 Å². The summed E-state index contributed by atoms with van der Waals surface area (Å²) < 4.78 is 5.33. The van der Waals surface area contributed by atoms with Gasteiger partial charge in [0.15, 0.2) is 0 Å². The second-order valence-corrected chi connectivity index (χ2v) is 2.98. The van der Waals surface area contributed by atoms with Gasteiger partial charge in [-0.3, -0.25) is 0 Å². The lowest BCUT2D eigenvalue weighted by Gasteiger charge is -2.15. The van der Waals surface area contributed by atoms with Crippen LogP contribution in [0.3, 0.4) is 0 Å². The molecule has 0 saturated carbocycles. The summed E-state index contributed by atoms with van der Waals surface area (Å²) in [6, 6.07) is 0. The van der Waals surface area contributed by atoms with Crippen molar-refractivity contribution in [3.8, 4) is 0 Å². The molecule has 1 saturated heterocycles. The van der Waals surface area contributed by atoms with Crippen LogP contribution in [0.15, 0.2) is 12.7 Å². The molecule has 1 aliphatic heterocycles. The molecule has 2 heteroatoms. The molecule has 1 aliphatic rings. The first-order chi connectivity index (χ1) is 5.34. The maximum Gasteiger partial charge on any atom is 0.0834 e. The van der Waals surface area contributed by atoms with E-state index in [1.807, 2.05) is 6.08 Å². The van der Waals surface area contributed by atoms with E-state index in [0.717, 1.165) is 32.3 Å². The average molecular weight is 156 g/mol. The van der Waals surface area contributed by atoms with E-state index < -0.39 is 0 Å². The Hall–Kier alpha value is -0.340. The van der Waals surface area contributed by atoms with E-state index >= 15 is 0 Å². The summed E-state index contributed by atoms with van der Waals surface area (Å²) in [5.74, 6) is 0. The van der Waals surface area contributed by atoms with Crippen LogP contribution in [-0.4, -0.2) is 23.9 Å². The van der Waals surface area contributed by atoms with E-state index in [-0.39, 0.29) is 12.2 Å². The van der Waals surface area contributed by atoms with Crippen molar-refractivity contribution in [1.82, 2.24) is 0 Å². The van der Waals surface area contributed by atoms with Crippen molar-refractivity contribution < 1.29 is 9.84 Å². The van der Waals surface area contributed by atoms with Crippen molar-refractivity contribution in [1.29, 1.82) is 0 Å². The predicted octanol–water partition coefficient (Wildman–Crippen LogP) is 1.49. The third-order valence-electron chi connectivity index (χ3n) is 2.06. The van der Waals surface area contributed by atoms with Crippen molar-refractivity contribution in [2.75, 3.05) is 6.61 Å². The number of hydrogen-bond acceptors (Lipinski definition) is 2. The third kappa shape index (κ3) is 2.64. The normalized spacial score (nSPS) is 26.8. The van der Waals surface area contributed by atoms with Gasteiger partial charge in [-0.1, -0.05) is 6.08 Å². The molecule has 0 bridgehead atoms. The smallest absolute Gasteiger partial charge is 0.0834 e. The van der Waals surface area contributed by atoms with Crippen LogP contribution < -0.4 is 0 Å². The Morgan fingerprint density at radius 2 is 2.55 bits per heavy atom. The van der Waals surface area contributed by atoms with E-state index in [1.54, 1.807) is 0 Å². The van der Waals surface area contributed by atoms with Crippen LogP contribution in [0.5, 0.6) is 0 Å². The van der Waals surface area contributed by atoms with Crippen LogP contribution in [0, 0.1) is 0 Å². The highest BCUT2D eigenvalue weighted by atomic mass is 16.5. The van der Waals surface area contributed by atoms with E-state index in [2.05, 4.69) is 6.58 Å². The monoisotopic (exact) mass is 156 g/mol. The zero-order valence-corrected chi connectivity index (χ0v) is 6.83. The molecule has 0 radical (unpaired) electrons. The summed E-state index contributed by atoms with van der Waals surface area (Å²) in [6.45, 7) is 4.42. The molecule has 0 spiro atoms. The molecule has 1 rings (SSSR count). The molecule has 0 aliphatic carbocycles. The van der Waals surface area contributed by atoms with Gasteiger partial charge in [-0.2, -0.15) is 0 Å². The minimum atomic E-state index is -0.282. The Morgan fingerprint density at radius 1 is 1.73 bits per heavy atom. The molecule has 11 heavy (non-hydrogen) atoms. The Labute approximate surface area is 67.9 Å². The van der Waals surface area contributed by atoms with Gasteiger partial charge in [0.05, 0.1) is 12.2 Å². The predicted molar refractivity (Wildman–Crippen MR) is 44.4 cm³/mol. The van der Waals surface area contributed by atoms with Crippen molar-refractivity contribution in [3.63, 3.8) is 0 Å². The number of hydrogen-bond donors (Lipinski definition) is 1. The van der Waals surface area contributed by atoms with Gasteiger partial charge in [-0.25, -0.2) is 0 Å².